The van der Waals surface area contributed by atoms with Crippen molar-refractivity contribution >= 4 is 51.5 Å². The fraction of sp³-hybridized carbons (Fsp3) is 0.0435. The Bertz CT molecular complexity index is 1280. The third-order valence-electron chi connectivity index (χ3n) is 4.51. The highest BCUT2D eigenvalue weighted by Gasteiger charge is 2.29. The summed E-state index contributed by atoms with van der Waals surface area (Å²) >= 11 is 18.2. The number of benzene rings is 3. The fourth-order valence-corrected chi connectivity index (χ4v) is 4.04. The van der Waals surface area contributed by atoms with Gasteiger partial charge < -0.3 is 9.15 Å². The van der Waals surface area contributed by atoms with E-state index in [0.29, 0.717) is 21.4 Å². The molecule has 0 fully saturated rings. The van der Waals surface area contributed by atoms with Gasteiger partial charge in [-0.25, -0.2) is 4.79 Å². The summed E-state index contributed by atoms with van der Waals surface area (Å²) in [5, 5.41) is 1.57. The molecule has 1 aromatic heterocycles. The molecule has 1 heterocycles. The molecule has 4 aromatic rings. The standard InChI is InChI=1S/C23H13Cl3O4/c24-15-11-17(25)21(18(26)12-15)30-23(28)20(13-6-2-1-3-7-13)19-10-14-8-4-5-9-16(14)22(27)29-19/h1-12,20H. The maximum Gasteiger partial charge on any atom is 0.343 e. The molecule has 1 atom stereocenters. The lowest BCUT2D eigenvalue weighted by atomic mass is 9.95. The molecule has 150 valence electrons. The van der Waals surface area contributed by atoms with Crippen molar-refractivity contribution in [3.63, 3.8) is 0 Å². The van der Waals surface area contributed by atoms with Crippen LogP contribution in [0, 0.1) is 0 Å². The summed E-state index contributed by atoms with van der Waals surface area (Å²) in [4.78, 5) is 25.7. The molecule has 7 heteroatoms. The van der Waals surface area contributed by atoms with Gasteiger partial charge in [0.05, 0.1) is 15.4 Å². The molecule has 0 amide bonds. The van der Waals surface area contributed by atoms with E-state index in [4.69, 9.17) is 44.0 Å². The molecule has 0 bridgehead atoms. The Labute approximate surface area is 186 Å². The Balaban J connectivity index is 1.82. The van der Waals surface area contributed by atoms with Crippen LogP contribution in [-0.2, 0) is 4.79 Å². The van der Waals surface area contributed by atoms with Crippen molar-refractivity contribution in [2.45, 2.75) is 5.92 Å². The Morgan fingerprint density at radius 2 is 1.50 bits per heavy atom. The average Bonchev–Trinajstić information content (AvgIpc) is 2.72. The number of hydrogen-bond acceptors (Lipinski definition) is 4. The highest BCUT2D eigenvalue weighted by molar-refractivity contribution is 6.40. The number of rotatable bonds is 4. The first-order valence-electron chi connectivity index (χ1n) is 8.88. The zero-order chi connectivity index (χ0) is 21.3. The van der Waals surface area contributed by atoms with E-state index in [-0.39, 0.29) is 21.6 Å². The molecular formula is C23H13Cl3O4. The maximum atomic E-state index is 13.2. The molecule has 0 saturated carbocycles. The highest BCUT2D eigenvalue weighted by Crippen LogP contribution is 2.37. The number of carbonyl (C=O) groups is 1. The minimum atomic E-state index is -1.01. The molecule has 4 rings (SSSR count). The lowest BCUT2D eigenvalue weighted by molar-refractivity contribution is -0.135. The number of esters is 1. The average molecular weight is 460 g/mol. The van der Waals surface area contributed by atoms with Crippen molar-refractivity contribution in [1.82, 2.24) is 0 Å². The predicted octanol–water partition coefficient (Wildman–Crippen LogP) is 6.49. The van der Waals surface area contributed by atoms with Gasteiger partial charge in [0.2, 0.25) is 0 Å². The fourth-order valence-electron chi connectivity index (χ4n) is 3.14. The van der Waals surface area contributed by atoms with E-state index in [0.717, 1.165) is 0 Å². The van der Waals surface area contributed by atoms with Crippen molar-refractivity contribution < 1.29 is 13.9 Å². The monoisotopic (exact) mass is 458 g/mol. The van der Waals surface area contributed by atoms with Crippen LogP contribution in [0.15, 0.2) is 82.0 Å². The van der Waals surface area contributed by atoms with Crippen LogP contribution in [0.1, 0.15) is 17.2 Å². The van der Waals surface area contributed by atoms with Gasteiger partial charge in [0.15, 0.2) is 5.75 Å². The Morgan fingerprint density at radius 3 is 2.20 bits per heavy atom. The molecule has 3 aromatic carbocycles. The third-order valence-corrected chi connectivity index (χ3v) is 5.29. The van der Waals surface area contributed by atoms with Gasteiger partial charge >= 0.3 is 11.6 Å². The van der Waals surface area contributed by atoms with E-state index in [1.54, 1.807) is 54.6 Å². The van der Waals surface area contributed by atoms with Crippen molar-refractivity contribution in [3.8, 4) is 5.75 Å². The molecule has 1 unspecified atom stereocenters. The molecule has 0 saturated heterocycles. The van der Waals surface area contributed by atoms with Crippen LogP contribution in [0.5, 0.6) is 5.75 Å². The van der Waals surface area contributed by atoms with Gasteiger partial charge in [-0.2, -0.15) is 0 Å². The smallest absolute Gasteiger partial charge is 0.343 e. The van der Waals surface area contributed by atoms with Crippen LogP contribution in [0.4, 0.5) is 0 Å². The van der Waals surface area contributed by atoms with E-state index < -0.39 is 17.5 Å². The summed E-state index contributed by atoms with van der Waals surface area (Å²) in [6, 6.07) is 20.3. The SMILES string of the molecule is O=C(Oc1c(Cl)cc(Cl)cc1Cl)C(c1ccccc1)c1cc2ccccc2c(=O)o1. The zero-order valence-corrected chi connectivity index (χ0v) is 17.5. The second-order valence-corrected chi connectivity index (χ2v) is 7.74. The van der Waals surface area contributed by atoms with Gasteiger partial charge in [-0.15, -0.1) is 0 Å². The summed E-state index contributed by atoms with van der Waals surface area (Å²) in [6.07, 6.45) is 0. The maximum absolute atomic E-state index is 13.2. The summed E-state index contributed by atoms with van der Waals surface area (Å²) in [5.41, 5.74) is 0.0431. The van der Waals surface area contributed by atoms with Crippen LogP contribution in [0.25, 0.3) is 10.8 Å². The van der Waals surface area contributed by atoms with Crippen LogP contribution >= 0.6 is 34.8 Å². The largest absolute Gasteiger partial charge is 0.426 e. The van der Waals surface area contributed by atoms with E-state index in [1.165, 1.54) is 12.1 Å². The van der Waals surface area contributed by atoms with Gasteiger partial charge in [0.1, 0.15) is 11.7 Å². The molecule has 30 heavy (non-hydrogen) atoms. The first-order valence-corrected chi connectivity index (χ1v) is 10.0. The normalized spacial score (nSPS) is 12.0. The van der Waals surface area contributed by atoms with Gasteiger partial charge in [-0.3, -0.25) is 4.79 Å². The Kier molecular flexibility index (Phi) is 5.82. The van der Waals surface area contributed by atoms with Gasteiger partial charge in [-0.05, 0) is 35.2 Å². The summed E-state index contributed by atoms with van der Waals surface area (Å²) in [6.45, 7) is 0. The third kappa shape index (κ3) is 4.08. The van der Waals surface area contributed by atoms with Crippen LogP contribution in [-0.4, -0.2) is 5.97 Å². The zero-order valence-electron chi connectivity index (χ0n) is 15.3. The van der Waals surface area contributed by atoms with Crippen LogP contribution in [0.2, 0.25) is 15.1 Å². The van der Waals surface area contributed by atoms with Crippen molar-refractivity contribution in [2.75, 3.05) is 0 Å². The van der Waals surface area contributed by atoms with Crippen molar-refractivity contribution in [1.29, 1.82) is 0 Å². The number of hydrogen-bond donors (Lipinski definition) is 0. The molecule has 0 spiro atoms. The van der Waals surface area contributed by atoms with Gasteiger partial charge in [0.25, 0.3) is 0 Å². The number of fused-ring (bicyclic) bond motifs is 1. The Hall–Kier alpha value is -2.79. The first-order chi connectivity index (χ1) is 14.4. The molecule has 0 aliphatic carbocycles. The van der Waals surface area contributed by atoms with Gasteiger partial charge in [-0.1, -0.05) is 83.3 Å². The second kappa shape index (κ2) is 8.52. The van der Waals surface area contributed by atoms with Crippen molar-refractivity contribution in [3.05, 3.63) is 110 Å². The lowest BCUT2D eigenvalue weighted by Gasteiger charge is -2.17. The lowest BCUT2D eigenvalue weighted by Crippen LogP contribution is -2.21. The Morgan fingerprint density at radius 1 is 0.867 bits per heavy atom. The molecule has 4 nitrogen and oxygen atoms in total. The van der Waals surface area contributed by atoms with Gasteiger partial charge in [0, 0.05) is 5.02 Å². The van der Waals surface area contributed by atoms with E-state index in [1.807, 2.05) is 6.07 Å². The molecular weight excluding hydrogens is 447 g/mol. The molecule has 0 radical (unpaired) electrons. The van der Waals surface area contributed by atoms with E-state index >= 15 is 0 Å². The second-order valence-electron chi connectivity index (χ2n) is 6.49. The number of carbonyl (C=O) groups excluding carboxylic acids is 1. The number of halogens is 3. The minimum absolute atomic E-state index is 0.0169. The summed E-state index contributed by atoms with van der Waals surface area (Å²) in [7, 11) is 0. The molecule has 0 aliphatic heterocycles. The topological polar surface area (TPSA) is 56.5 Å². The summed E-state index contributed by atoms with van der Waals surface area (Å²) < 4.78 is 11.0. The number of ether oxygens (including phenoxy) is 1. The van der Waals surface area contributed by atoms with Crippen LogP contribution in [0.3, 0.4) is 0 Å². The molecule has 0 aliphatic rings. The summed E-state index contributed by atoms with van der Waals surface area (Å²) in [5.74, 6) is -1.58. The van der Waals surface area contributed by atoms with E-state index in [2.05, 4.69) is 0 Å². The molecule has 0 N–H and O–H groups in total. The predicted molar refractivity (Wildman–Crippen MR) is 118 cm³/mol. The highest BCUT2D eigenvalue weighted by atomic mass is 35.5. The van der Waals surface area contributed by atoms with E-state index in [9.17, 15) is 9.59 Å². The van der Waals surface area contributed by atoms with Crippen molar-refractivity contribution in [2.24, 2.45) is 0 Å². The quantitative estimate of drug-likeness (QED) is 0.258. The van der Waals surface area contributed by atoms with Crippen LogP contribution < -0.4 is 10.4 Å². The first kappa shape index (κ1) is 20.5. The minimum Gasteiger partial charge on any atom is -0.426 e.